The summed E-state index contributed by atoms with van der Waals surface area (Å²) in [6, 6.07) is 6.03. The molecule has 1 fully saturated rings. The maximum atomic E-state index is 13.8. The molecule has 3 heteroatoms. The first-order chi connectivity index (χ1) is 8.76. The minimum atomic E-state index is -0.177. The number of nitrogens with zero attached hydrogens (tertiary/aromatic N) is 1. The number of hydrogen-bond acceptors (Lipinski definition) is 2. The lowest BCUT2D eigenvalue weighted by atomic mass is 9.93. The lowest BCUT2D eigenvalue weighted by Crippen LogP contribution is -2.36. The minimum Gasteiger partial charge on any atom is -0.369 e. The van der Waals surface area contributed by atoms with E-state index in [0.29, 0.717) is 11.6 Å². The first-order valence-electron chi connectivity index (χ1n) is 7.01. The Morgan fingerprint density at radius 3 is 2.56 bits per heavy atom. The van der Waals surface area contributed by atoms with Crippen molar-refractivity contribution in [1.82, 2.24) is 0 Å². The molecule has 0 atom stereocenters. The van der Waals surface area contributed by atoms with Crippen molar-refractivity contribution < 1.29 is 4.39 Å². The van der Waals surface area contributed by atoms with Crippen LogP contribution in [0.5, 0.6) is 0 Å². The summed E-state index contributed by atoms with van der Waals surface area (Å²) in [5.41, 5.74) is 7.09. The Hall–Kier alpha value is -1.09. The van der Waals surface area contributed by atoms with Gasteiger partial charge in [0.2, 0.25) is 0 Å². The SMILES string of the molecule is CCN(c1ccc(CN)c(F)c1)C1CCCCC1. The van der Waals surface area contributed by atoms with E-state index in [1.54, 1.807) is 6.07 Å². The van der Waals surface area contributed by atoms with Crippen molar-refractivity contribution in [3.05, 3.63) is 29.6 Å². The molecule has 1 aliphatic carbocycles. The number of halogens is 1. The molecule has 0 heterocycles. The van der Waals surface area contributed by atoms with Gasteiger partial charge >= 0.3 is 0 Å². The molecule has 0 bridgehead atoms. The second-order valence-corrected chi connectivity index (χ2v) is 5.06. The Morgan fingerprint density at radius 2 is 2.00 bits per heavy atom. The van der Waals surface area contributed by atoms with Gasteiger partial charge in [0.05, 0.1) is 0 Å². The van der Waals surface area contributed by atoms with Gasteiger partial charge in [-0.05, 0) is 31.9 Å². The Kier molecular flexibility index (Phi) is 4.59. The Balaban J connectivity index is 2.18. The van der Waals surface area contributed by atoms with Gasteiger partial charge in [-0.1, -0.05) is 25.3 Å². The fourth-order valence-corrected chi connectivity index (χ4v) is 2.92. The summed E-state index contributed by atoms with van der Waals surface area (Å²) < 4.78 is 13.8. The van der Waals surface area contributed by atoms with Crippen LogP contribution in [0.25, 0.3) is 0 Å². The third kappa shape index (κ3) is 2.83. The van der Waals surface area contributed by atoms with Crippen LogP contribution in [0.1, 0.15) is 44.6 Å². The highest BCUT2D eigenvalue weighted by Crippen LogP contribution is 2.28. The summed E-state index contributed by atoms with van der Waals surface area (Å²) in [6.07, 6.45) is 6.39. The van der Waals surface area contributed by atoms with Gasteiger partial charge in [-0.2, -0.15) is 0 Å². The molecule has 0 amide bonds. The average molecular weight is 250 g/mol. The van der Waals surface area contributed by atoms with Crippen LogP contribution in [-0.4, -0.2) is 12.6 Å². The van der Waals surface area contributed by atoms with Crippen molar-refractivity contribution in [3.63, 3.8) is 0 Å². The van der Waals surface area contributed by atoms with Crippen LogP contribution in [0.15, 0.2) is 18.2 Å². The third-order valence-electron chi connectivity index (χ3n) is 3.94. The molecule has 18 heavy (non-hydrogen) atoms. The highest BCUT2D eigenvalue weighted by Gasteiger charge is 2.20. The third-order valence-corrected chi connectivity index (χ3v) is 3.94. The smallest absolute Gasteiger partial charge is 0.129 e. The van der Waals surface area contributed by atoms with E-state index in [1.807, 2.05) is 12.1 Å². The summed E-state index contributed by atoms with van der Waals surface area (Å²) in [7, 11) is 0. The maximum Gasteiger partial charge on any atom is 0.129 e. The topological polar surface area (TPSA) is 29.3 Å². The van der Waals surface area contributed by atoms with E-state index in [0.717, 1.165) is 12.2 Å². The first kappa shape index (κ1) is 13.3. The molecule has 100 valence electrons. The number of hydrogen-bond donors (Lipinski definition) is 1. The predicted octanol–water partition coefficient (Wildman–Crippen LogP) is 3.44. The standard InChI is InChI=1S/C15H23FN2/c1-2-18(13-6-4-3-5-7-13)14-9-8-12(11-17)15(16)10-14/h8-10,13H,2-7,11,17H2,1H3. The monoisotopic (exact) mass is 250 g/mol. The van der Waals surface area contributed by atoms with Gasteiger partial charge in [0.1, 0.15) is 5.82 Å². The zero-order chi connectivity index (χ0) is 13.0. The Morgan fingerprint density at radius 1 is 1.28 bits per heavy atom. The molecule has 0 spiro atoms. The lowest BCUT2D eigenvalue weighted by Gasteiger charge is -2.35. The van der Waals surface area contributed by atoms with E-state index in [4.69, 9.17) is 5.73 Å². The molecule has 1 aliphatic rings. The van der Waals surface area contributed by atoms with Gasteiger partial charge < -0.3 is 10.6 Å². The van der Waals surface area contributed by atoms with E-state index in [-0.39, 0.29) is 12.4 Å². The molecule has 0 unspecified atom stereocenters. The summed E-state index contributed by atoms with van der Waals surface area (Å²) in [5.74, 6) is -0.177. The quantitative estimate of drug-likeness (QED) is 0.887. The van der Waals surface area contributed by atoms with E-state index in [1.165, 1.54) is 32.1 Å². The van der Waals surface area contributed by atoms with Crippen molar-refractivity contribution in [1.29, 1.82) is 0 Å². The lowest BCUT2D eigenvalue weighted by molar-refractivity contribution is 0.418. The molecule has 2 N–H and O–H groups in total. The molecule has 0 aromatic heterocycles. The van der Waals surface area contributed by atoms with Crippen molar-refractivity contribution >= 4 is 5.69 Å². The summed E-state index contributed by atoms with van der Waals surface area (Å²) in [5, 5.41) is 0. The van der Waals surface area contributed by atoms with Crippen LogP contribution in [0.4, 0.5) is 10.1 Å². The summed E-state index contributed by atoms with van der Waals surface area (Å²) in [4.78, 5) is 2.34. The number of rotatable bonds is 4. The molecule has 1 aromatic rings. The second kappa shape index (κ2) is 6.19. The van der Waals surface area contributed by atoms with Crippen molar-refractivity contribution in [2.75, 3.05) is 11.4 Å². The van der Waals surface area contributed by atoms with E-state index >= 15 is 0 Å². The van der Waals surface area contributed by atoms with Crippen LogP contribution < -0.4 is 10.6 Å². The largest absolute Gasteiger partial charge is 0.369 e. The molecule has 0 radical (unpaired) electrons. The molecular weight excluding hydrogens is 227 g/mol. The number of nitrogens with two attached hydrogens (primary N) is 1. The first-order valence-corrected chi connectivity index (χ1v) is 7.01. The highest BCUT2D eigenvalue weighted by atomic mass is 19.1. The van der Waals surface area contributed by atoms with Gasteiger partial charge in [-0.15, -0.1) is 0 Å². The molecule has 1 saturated carbocycles. The van der Waals surface area contributed by atoms with Crippen molar-refractivity contribution in [2.24, 2.45) is 5.73 Å². The minimum absolute atomic E-state index is 0.177. The average Bonchev–Trinajstić information content (AvgIpc) is 2.41. The van der Waals surface area contributed by atoms with Gasteiger partial charge in [0.15, 0.2) is 0 Å². The molecule has 2 rings (SSSR count). The van der Waals surface area contributed by atoms with Crippen molar-refractivity contribution in [2.45, 2.75) is 51.6 Å². The van der Waals surface area contributed by atoms with E-state index in [9.17, 15) is 4.39 Å². The van der Waals surface area contributed by atoms with Gasteiger partial charge in [-0.3, -0.25) is 0 Å². The van der Waals surface area contributed by atoms with Gasteiger partial charge in [0.25, 0.3) is 0 Å². The van der Waals surface area contributed by atoms with Crippen molar-refractivity contribution in [3.8, 4) is 0 Å². The molecule has 0 aliphatic heterocycles. The number of benzene rings is 1. The van der Waals surface area contributed by atoms with Crippen LogP contribution in [0.3, 0.4) is 0 Å². The Bertz CT molecular complexity index is 386. The van der Waals surface area contributed by atoms with Crippen LogP contribution in [0.2, 0.25) is 0 Å². The van der Waals surface area contributed by atoms with E-state index < -0.39 is 0 Å². The van der Waals surface area contributed by atoms with Gasteiger partial charge in [0, 0.05) is 30.4 Å². The zero-order valence-corrected chi connectivity index (χ0v) is 11.2. The number of anilines is 1. The summed E-state index contributed by atoms with van der Waals surface area (Å²) >= 11 is 0. The van der Waals surface area contributed by atoms with Crippen LogP contribution in [0, 0.1) is 5.82 Å². The normalized spacial score (nSPS) is 16.8. The second-order valence-electron chi connectivity index (χ2n) is 5.06. The Labute approximate surface area is 109 Å². The maximum absolute atomic E-state index is 13.8. The fraction of sp³-hybridized carbons (Fsp3) is 0.600. The highest BCUT2D eigenvalue weighted by molar-refractivity contribution is 5.49. The summed E-state index contributed by atoms with van der Waals surface area (Å²) in [6.45, 7) is 3.34. The fourth-order valence-electron chi connectivity index (χ4n) is 2.92. The molecule has 2 nitrogen and oxygen atoms in total. The van der Waals surface area contributed by atoms with Crippen LogP contribution >= 0.6 is 0 Å². The molecule has 1 aromatic carbocycles. The zero-order valence-electron chi connectivity index (χ0n) is 11.2. The molecule has 0 saturated heterocycles. The van der Waals surface area contributed by atoms with Crippen LogP contribution in [-0.2, 0) is 6.54 Å². The van der Waals surface area contributed by atoms with Gasteiger partial charge in [-0.25, -0.2) is 4.39 Å². The molecular formula is C15H23FN2. The van der Waals surface area contributed by atoms with E-state index in [2.05, 4.69) is 11.8 Å². The predicted molar refractivity (Wildman–Crippen MR) is 74.2 cm³/mol.